The van der Waals surface area contributed by atoms with E-state index in [-0.39, 0.29) is 6.61 Å². The van der Waals surface area contributed by atoms with Crippen LogP contribution in [0.4, 0.5) is 5.82 Å². The summed E-state index contributed by atoms with van der Waals surface area (Å²) in [4.78, 5) is 6.62. The van der Waals surface area contributed by atoms with Gasteiger partial charge in [0.25, 0.3) is 0 Å². The van der Waals surface area contributed by atoms with Crippen LogP contribution < -0.4 is 4.90 Å². The third-order valence-corrected chi connectivity index (χ3v) is 3.40. The van der Waals surface area contributed by atoms with Crippen LogP contribution in [0.25, 0.3) is 0 Å². The van der Waals surface area contributed by atoms with Crippen LogP contribution in [0, 0.1) is 5.92 Å². The summed E-state index contributed by atoms with van der Waals surface area (Å²) in [5.74, 6) is 1.55. The number of aliphatic hydroxyl groups excluding tert-OH is 2. The summed E-state index contributed by atoms with van der Waals surface area (Å²) in [5, 5.41) is 18.3. The van der Waals surface area contributed by atoms with Crippen LogP contribution >= 0.6 is 0 Å². The maximum atomic E-state index is 9.41. The molecule has 1 aliphatic heterocycles. The maximum Gasteiger partial charge on any atom is 0.128 e. The normalized spacial score (nSPS) is 21.8. The first-order chi connectivity index (χ1) is 8.20. The van der Waals surface area contributed by atoms with Crippen molar-refractivity contribution in [1.29, 1.82) is 0 Å². The standard InChI is InChI=1S/C13H20N2O2/c1-10(17)12-2-3-13(14-8-12)15-6-4-11(9-15)5-7-16/h2-3,8,10-11,16-17H,4-7,9H2,1H3/t10-,11?/m0/s1. The van der Waals surface area contributed by atoms with Gasteiger partial charge in [-0.25, -0.2) is 4.98 Å². The Bertz CT molecular complexity index is 351. The number of aliphatic hydroxyl groups is 2. The molecule has 0 aromatic carbocycles. The summed E-state index contributed by atoms with van der Waals surface area (Å²) < 4.78 is 0. The van der Waals surface area contributed by atoms with Crippen LogP contribution in [0.2, 0.25) is 0 Å². The molecule has 2 rings (SSSR count). The Morgan fingerprint density at radius 1 is 1.53 bits per heavy atom. The minimum Gasteiger partial charge on any atom is -0.396 e. The quantitative estimate of drug-likeness (QED) is 0.828. The molecule has 1 fully saturated rings. The molecule has 1 aromatic rings. The van der Waals surface area contributed by atoms with E-state index in [1.165, 1.54) is 0 Å². The molecule has 1 saturated heterocycles. The molecule has 2 N–H and O–H groups in total. The Kier molecular flexibility index (Phi) is 3.97. The van der Waals surface area contributed by atoms with E-state index in [0.29, 0.717) is 5.92 Å². The van der Waals surface area contributed by atoms with Gasteiger partial charge < -0.3 is 15.1 Å². The molecule has 0 radical (unpaired) electrons. The molecule has 2 heterocycles. The molecule has 4 heteroatoms. The number of aromatic nitrogens is 1. The van der Waals surface area contributed by atoms with Gasteiger partial charge in [0.1, 0.15) is 5.82 Å². The van der Waals surface area contributed by atoms with Gasteiger partial charge in [-0.3, -0.25) is 0 Å². The van der Waals surface area contributed by atoms with Gasteiger partial charge in [0.05, 0.1) is 6.10 Å². The van der Waals surface area contributed by atoms with Crippen molar-refractivity contribution in [2.75, 3.05) is 24.6 Å². The molecule has 1 unspecified atom stereocenters. The minimum absolute atomic E-state index is 0.271. The lowest BCUT2D eigenvalue weighted by Crippen LogP contribution is -2.21. The van der Waals surface area contributed by atoms with Crippen molar-refractivity contribution in [3.63, 3.8) is 0 Å². The minimum atomic E-state index is -0.461. The zero-order valence-electron chi connectivity index (χ0n) is 10.2. The second kappa shape index (κ2) is 5.47. The zero-order valence-corrected chi connectivity index (χ0v) is 10.2. The highest BCUT2D eigenvalue weighted by molar-refractivity contribution is 5.40. The molecule has 94 valence electrons. The van der Waals surface area contributed by atoms with Crippen LogP contribution in [-0.2, 0) is 0 Å². The predicted octanol–water partition coefficient (Wildman–Crippen LogP) is 1.34. The molecule has 4 nitrogen and oxygen atoms in total. The van der Waals surface area contributed by atoms with Gasteiger partial charge in [-0.05, 0) is 37.3 Å². The Balaban J connectivity index is 1.99. The zero-order chi connectivity index (χ0) is 12.3. The topological polar surface area (TPSA) is 56.6 Å². The van der Waals surface area contributed by atoms with Gasteiger partial charge in [0.2, 0.25) is 0 Å². The summed E-state index contributed by atoms with van der Waals surface area (Å²) in [6, 6.07) is 3.88. The molecule has 0 bridgehead atoms. The summed E-state index contributed by atoms with van der Waals surface area (Å²) in [5.41, 5.74) is 0.847. The monoisotopic (exact) mass is 236 g/mol. The largest absolute Gasteiger partial charge is 0.396 e. The maximum absolute atomic E-state index is 9.41. The number of pyridine rings is 1. The second-order valence-corrected chi connectivity index (χ2v) is 4.74. The Morgan fingerprint density at radius 3 is 2.94 bits per heavy atom. The Morgan fingerprint density at radius 2 is 2.35 bits per heavy atom. The van der Waals surface area contributed by atoms with E-state index >= 15 is 0 Å². The van der Waals surface area contributed by atoms with Crippen molar-refractivity contribution >= 4 is 5.82 Å². The van der Waals surface area contributed by atoms with Gasteiger partial charge in [-0.2, -0.15) is 0 Å². The molecule has 2 atom stereocenters. The van der Waals surface area contributed by atoms with E-state index in [0.717, 1.165) is 37.3 Å². The molecule has 1 aliphatic rings. The number of nitrogens with zero attached hydrogens (tertiary/aromatic N) is 2. The number of rotatable bonds is 4. The summed E-state index contributed by atoms with van der Waals surface area (Å²) >= 11 is 0. The third kappa shape index (κ3) is 2.96. The van der Waals surface area contributed by atoms with E-state index in [1.54, 1.807) is 13.1 Å². The van der Waals surface area contributed by atoms with Crippen molar-refractivity contribution in [1.82, 2.24) is 4.98 Å². The van der Waals surface area contributed by atoms with E-state index in [9.17, 15) is 5.11 Å². The van der Waals surface area contributed by atoms with Gasteiger partial charge in [-0.15, -0.1) is 0 Å². The molecule has 0 aliphatic carbocycles. The lowest BCUT2D eigenvalue weighted by Gasteiger charge is -2.18. The van der Waals surface area contributed by atoms with Crippen LogP contribution in [0.5, 0.6) is 0 Å². The van der Waals surface area contributed by atoms with Crippen LogP contribution in [0.3, 0.4) is 0 Å². The average molecular weight is 236 g/mol. The highest BCUT2D eigenvalue weighted by Crippen LogP contribution is 2.24. The first-order valence-electron chi connectivity index (χ1n) is 6.20. The second-order valence-electron chi connectivity index (χ2n) is 4.74. The lowest BCUT2D eigenvalue weighted by molar-refractivity contribution is 0.199. The fourth-order valence-electron chi connectivity index (χ4n) is 2.29. The molecule has 0 spiro atoms. The molecular formula is C13H20N2O2. The average Bonchev–Trinajstić information content (AvgIpc) is 2.78. The van der Waals surface area contributed by atoms with Gasteiger partial charge >= 0.3 is 0 Å². The van der Waals surface area contributed by atoms with E-state index in [1.807, 2.05) is 12.1 Å². The van der Waals surface area contributed by atoms with Crippen molar-refractivity contribution < 1.29 is 10.2 Å². The smallest absolute Gasteiger partial charge is 0.128 e. The first kappa shape index (κ1) is 12.3. The van der Waals surface area contributed by atoms with Crippen LogP contribution in [0.1, 0.15) is 31.4 Å². The molecule has 0 amide bonds. The number of hydrogen-bond donors (Lipinski definition) is 2. The van der Waals surface area contributed by atoms with Crippen molar-refractivity contribution in [2.24, 2.45) is 5.92 Å². The summed E-state index contributed by atoms with van der Waals surface area (Å²) in [6.07, 6.45) is 3.28. The first-order valence-corrected chi connectivity index (χ1v) is 6.20. The number of hydrogen-bond acceptors (Lipinski definition) is 4. The summed E-state index contributed by atoms with van der Waals surface area (Å²) in [7, 11) is 0. The highest BCUT2D eigenvalue weighted by Gasteiger charge is 2.22. The van der Waals surface area contributed by atoms with Crippen LogP contribution in [0.15, 0.2) is 18.3 Å². The lowest BCUT2D eigenvalue weighted by atomic mass is 10.1. The SMILES string of the molecule is C[C@H](O)c1ccc(N2CCC(CCO)C2)nc1. The van der Waals surface area contributed by atoms with E-state index in [2.05, 4.69) is 9.88 Å². The number of anilines is 1. The van der Waals surface area contributed by atoms with Crippen molar-refractivity contribution in [2.45, 2.75) is 25.9 Å². The third-order valence-electron chi connectivity index (χ3n) is 3.40. The molecular weight excluding hydrogens is 216 g/mol. The van der Waals surface area contributed by atoms with Gasteiger partial charge in [0.15, 0.2) is 0 Å². The fraction of sp³-hybridized carbons (Fsp3) is 0.615. The summed E-state index contributed by atoms with van der Waals surface area (Å²) in [6.45, 7) is 3.99. The van der Waals surface area contributed by atoms with E-state index in [4.69, 9.17) is 5.11 Å². The van der Waals surface area contributed by atoms with E-state index < -0.39 is 6.10 Å². The molecule has 1 aromatic heterocycles. The fourth-order valence-corrected chi connectivity index (χ4v) is 2.29. The van der Waals surface area contributed by atoms with Gasteiger partial charge in [0, 0.05) is 25.9 Å². The van der Waals surface area contributed by atoms with Crippen LogP contribution in [-0.4, -0.2) is 34.9 Å². The highest BCUT2D eigenvalue weighted by atomic mass is 16.3. The van der Waals surface area contributed by atoms with Crippen molar-refractivity contribution in [3.8, 4) is 0 Å². The Labute approximate surface area is 102 Å². The van der Waals surface area contributed by atoms with Crippen molar-refractivity contribution in [3.05, 3.63) is 23.9 Å². The van der Waals surface area contributed by atoms with Gasteiger partial charge in [-0.1, -0.05) is 6.07 Å². The Hall–Kier alpha value is -1.13. The predicted molar refractivity (Wildman–Crippen MR) is 66.9 cm³/mol. The molecule has 17 heavy (non-hydrogen) atoms. The molecule has 0 saturated carbocycles.